The third-order valence-electron chi connectivity index (χ3n) is 5.31. The number of aromatic nitrogens is 2. The van der Waals surface area contributed by atoms with Crippen LogP contribution >= 0.6 is 0 Å². The Morgan fingerprint density at radius 3 is 2.29 bits per heavy atom. The first-order valence-corrected chi connectivity index (χ1v) is 11.1. The van der Waals surface area contributed by atoms with E-state index in [1.807, 2.05) is 42.1 Å². The maximum Gasteiger partial charge on any atom is 0.243 e. The monoisotopic (exact) mass is 403 g/mol. The fourth-order valence-corrected chi connectivity index (χ4v) is 4.64. The lowest BCUT2D eigenvalue weighted by Gasteiger charge is -2.34. The van der Waals surface area contributed by atoms with Crippen molar-refractivity contribution in [2.24, 2.45) is 0 Å². The van der Waals surface area contributed by atoms with Gasteiger partial charge in [-0.15, -0.1) is 0 Å². The minimum absolute atomic E-state index is 0.360. The van der Waals surface area contributed by atoms with Crippen LogP contribution in [0.2, 0.25) is 0 Å². The molecule has 8 heteroatoms. The van der Waals surface area contributed by atoms with Crippen molar-refractivity contribution in [2.75, 3.05) is 50.1 Å². The molecule has 152 valence electrons. The van der Waals surface area contributed by atoms with E-state index in [4.69, 9.17) is 0 Å². The minimum atomic E-state index is -3.48. The fraction of sp³-hybridized carbons (Fsp3) is 0.500. The second kappa shape index (κ2) is 8.45. The number of hydrogen-bond acceptors (Lipinski definition) is 6. The Morgan fingerprint density at radius 1 is 1.07 bits per heavy atom. The third-order valence-corrected chi connectivity index (χ3v) is 7.22. The van der Waals surface area contributed by atoms with Gasteiger partial charge in [0.15, 0.2) is 0 Å². The molecule has 1 atom stereocenters. The standard InChI is InChI=1S/C20H29N5O2S/c1-5-16(2)17-6-8-18(9-7-17)28(26,27)25-14-12-24(13-15-25)20-21-11-10-19(22-20)23(3)4/h6-11,16H,5,12-15H2,1-4H3. The van der Waals surface area contributed by atoms with Crippen LogP contribution in [0, 0.1) is 0 Å². The van der Waals surface area contributed by atoms with Crippen LogP contribution in [0.5, 0.6) is 0 Å². The summed E-state index contributed by atoms with van der Waals surface area (Å²) in [4.78, 5) is 13.2. The average molecular weight is 404 g/mol. The van der Waals surface area contributed by atoms with Crippen LogP contribution in [0.25, 0.3) is 0 Å². The summed E-state index contributed by atoms with van der Waals surface area (Å²) in [6.45, 7) is 6.26. The Bertz CT molecular complexity index is 891. The van der Waals surface area contributed by atoms with Gasteiger partial charge in [0.25, 0.3) is 0 Å². The average Bonchev–Trinajstić information content (AvgIpc) is 2.73. The number of hydrogen-bond donors (Lipinski definition) is 0. The maximum atomic E-state index is 13.0. The van der Waals surface area contributed by atoms with Gasteiger partial charge < -0.3 is 9.80 Å². The van der Waals surface area contributed by atoms with Gasteiger partial charge in [-0.3, -0.25) is 0 Å². The molecule has 0 aliphatic carbocycles. The van der Waals surface area contributed by atoms with E-state index in [2.05, 4.69) is 23.8 Å². The molecule has 1 unspecified atom stereocenters. The first-order valence-electron chi connectivity index (χ1n) is 9.68. The molecule has 7 nitrogen and oxygen atoms in total. The van der Waals surface area contributed by atoms with Crippen molar-refractivity contribution in [1.29, 1.82) is 0 Å². The zero-order chi connectivity index (χ0) is 20.3. The molecule has 1 fully saturated rings. The molecule has 0 amide bonds. The molecule has 0 bridgehead atoms. The van der Waals surface area contributed by atoms with E-state index < -0.39 is 10.0 Å². The quantitative estimate of drug-likeness (QED) is 0.738. The molecule has 0 spiro atoms. The predicted molar refractivity (Wildman–Crippen MR) is 112 cm³/mol. The van der Waals surface area contributed by atoms with Gasteiger partial charge in [-0.05, 0) is 36.1 Å². The number of nitrogens with zero attached hydrogens (tertiary/aromatic N) is 5. The van der Waals surface area contributed by atoms with Gasteiger partial charge in [0, 0.05) is 46.5 Å². The highest BCUT2D eigenvalue weighted by Gasteiger charge is 2.29. The molecule has 0 saturated carbocycles. The summed E-state index contributed by atoms with van der Waals surface area (Å²) in [6.07, 6.45) is 2.77. The predicted octanol–water partition coefficient (Wildman–Crippen LogP) is 2.57. The highest BCUT2D eigenvalue weighted by molar-refractivity contribution is 7.89. The van der Waals surface area contributed by atoms with Gasteiger partial charge >= 0.3 is 0 Å². The van der Waals surface area contributed by atoms with Crippen LogP contribution in [0.4, 0.5) is 11.8 Å². The Morgan fingerprint density at radius 2 is 1.71 bits per heavy atom. The molecule has 1 aliphatic heterocycles. The zero-order valence-electron chi connectivity index (χ0n) is 17.0. The Balaban J connectivity index is 1.69. The molecule has 1 saturated heterocycles. The topological polar surface area (TPSA) is 69.6 Å². The zero-order valence-corrected chi connectivity index (χ0v) is 17.9. The van der Waals surface area contributed by atoms with E-state index in [1.165, 1.54) is 5.56 Å². The van der Waals surface area contributed by atoms with Crippen molar-refractivity contribution < 1.29 is 8.42 Å². The Kier molecular flexibility index (Phi) is 6.20. The molecule has 3 rings (SSSR count). The summed E-state index contributed by atoms with van der Waals surface area (Å²) in [7, 11) is 0.387. The van der Waals surface area contributed by atoms with Crippen LogP contribution in [0.1, 0.15) is 31.7 Å². The van der Waals surface area contributed by atoms with E-state index in [-0.39, 0.29) is 0 Å². The summed E-state index contributed by atoms with van der Waals surface area (Å²) in [5, 5.41) is 0. The first kappa shape index (κ1) is 20.5. The first-order chi connectivity index (χ1) is 13.3. The number of anilines is 2. The van der Waals surface area contributed by atoms with Crippen molar-refractivity contribution in [3.05, 3.63) is 42.1 Å². The molecular formula is C20H29N5O2S. The van der Waals surface area contributed by atoms with E-state index in [9.17, 15) is 8.42 Å². The summed E-state index contributed by atoms with van der Waals surface area (Å²) in [5.74, 6) is 1.90. The molecule has 1 aromatic heterocycles. The van der Waals surface area contributed by atoms with E-state index in [0.717, 1.165) is 12.2 Å². The van der Waals surface area contributed by atoms with Crippen LogP contribution in [-0.4, -0.2) is 63.0 Å². The smallest absolute Gasteiger partial charge is 0.243 e. The SMILES string of the molecule is CCC(C)c1ccc(S(=O)(=O)N2CCN(c3nccc(N(C)C)n3)CC2)cc1. The summed E-state index contributed by atoms with van der Waals surface area (Å²) < 4.78 is 27.5. The largest absolute Gasteiger partial charge is 0.363 e. The van der Waals surface area contributed by atoms with Crippen LogP contribution in [-0.2, 0) is 10.0 Å². The lowest BCUT2D eigenvalue weighted by atomic mass is 9.99. The van der Waals surface area contributed by atoms with E-state index in [1.54, 1.807) is 22.6 Å². The number of benzene rings is 1. The van der Waals surface area contributed by atoms with Gasteiger partial charge in [-0.2, -0.15) is 9.29 Å². The fourth-order valence-electron chi connectivity index (χ4n) is 3.22. The van der Waals surface area contributed by atoms with E-state index in [0.29, 0.717) is 42.9 Å². The summed E-state index contributed by atoms with van der Waals surface area (Å²) in [6, 6.07) is 9.17. The molecule has 1 aliphatic rings. The highest BCUT2D eigenvalue weighted by Crippen LogP contribution is 2.24. The lowest BCUT2D eigenvalue weighted by Crippen LogP contribution is -2.49. The normalized spacial score (nSPS) is 16.8. The van der Waals surface area contributed by atoms with E-state index >= 15 is 0 Å². The van der Waals surface area contributed by atoms with Gasteiger partial charge in [0.2, 0.25) is 16.0 Å². The number of piperazine rings is 1. The Labute approximate surface area is 168 Å². The number of sulfonamides is 1. The molecule has 0 radical (unpaired) electrons. The van der Waals surface area contributed by atoms with Crippen molar-refractivity contribution in [3.8, 4) is 0 Å². The third kappa shape index (κ3) is 4.28. The van der Waals surface area contributed by atoms with Crippen LogP contribution in [0.15, 0.2) is 41.4 Å². The van der Waals surface area contributed by atoms with Gasteiger partial charge in [0.05, 0.1) is 4.90 Å². The van der Waals surface area contributed by atoms with Gasteiger partial charge in [-0.1, -0.05) is 26.0 Å². The van der Waals surface area contributed by atoms with Crippen molar-refractivity contribution in [1.82, 2.24) is 14.3 Å². The maximum absolute atomic E-state index is 13.0. The molecule has 1 aromatic carbocycles. The molecule has 0 N–H and O–H groups in total. The molecule has 28 heavy (non-hydrogen) atoms. The second-order valence-electron chi connectivity index (χ2n) is 7.38. The van der Waals surface area contributed by atoms with Crippen LogP contribution < -0.4 is 9.80 Å². The highest BCUT2D eigenvalue weighted by atomic mass is 32.2. The van der Waals surface area contributed by atoms with Crippen LogP contribution in [0.3, 0.4) is 0 Å². The summed E-state index contributed by atoms with van der Waals surface area (Å²) in [5.41, 5.74) is 1.17. The lowest BCUT2D eigenvalue weighted by molar-refractivity contribution is 0.382. The van der Waals surface area contributed by atoms with Crippen molar-refractivity contribution >= 4 is 21.8 Å². The minimum Gasteiger partial charge on any atom is -0.363 e. The van der Waals surface area contributed by atoms with Crippen molar-refractivity contribution in [2.45, 2.75) is 31.1 Å². The second-order valence-corrected chi connectivity index (χ2v) is 9.32. The number of rotatable bonds is 6. The van der Waals surface area contributed by atoms with Gasteiger partial charge in [0.1, 0.15) is 5.82 Å². The molecule has 2 aromatic rings. The Hall–Kier alpha value is -2.19. The van der Waals surface area contributed by atoms with Gasteiger partial charge in [-0.25, -0.2) is 13.4 Å². The molecule has 2 heterocycles. The molecular weight excluding hydrogens is 374 g/mol. The van der Waals surface area contributed by atoms with Crippen molar-refractivity contribution in [3.63, 3.8) is 0 Å². The summed E-state index contributed by atoms with van der Waals surface area (Å²) >= 11 is 0.